The second kappa shape index (κ2) is 41.3. The summed E-state index contributed by atoms with van der Waals surface area (Å²) in [6.07, 6.45) is 42.7. The maximum Gasteiger partial charge on any atom is 0.472 e. The van der Waals surface area contributed by atoms with Crippen LogP contribution in [0.25, 0.3) is 0 Å². The van der Waals surface area contributed by atoms with Crippen LogP contribution in [0.1, 0.15) is 219 Å². The summed E-state index contributed by atoms with van der Waals surface area (Å²) in [6, 6.07) is 0. The van der Waals surface area contributed by atoms with Crippen LogP contribution in [0.2, 0.25) is 0 Å². The Morgan fingerprint density at radius 1 is 0.449 bits per heavy atom. The van der Waals surface area contributed by atoms with E-state index in [2.05, 4.69) is 29.8 Å². The summed E-state index contributed by atoms with van der Waals surface area (Å²) < 4.78 is 34.3. The Hall–Kier alpha value is 0.510. The minimum absolute atomic E-state index is 0.00607. The highest BCUT2D eigenvalue weighted by atomic mass is 79.9. The first-order valence-corrected chi connectivity index (χ1v) is 24.0. The van der Waals surface area contributed by atoms with Crippen LogP contribution in [0.4, 0.5) is 0 Å². The fourth-order valence-electron chi connectivity index (χ4n) is 6.38. The van der Waals surface area contributed by atoms with Gasteiger partial charge in [-0.1, -0.05) is 222 Å². The highest BCUT2D eigenvalue weighted by Gasteiger charge is 2.23. The number of hydrogen-bond acceptors (Lipinski definition) is 5. The van der Waals surface area contributed by atoms with Gasteiger partial charge < -0.3 is 14.4 Å². The van der Waals surface area contributed by atoms with Gasteiger partial charge in [0.2, 0.25) is 0 Å². The average molecular weight is 784 g/mol. The van der Waals surface area contributed by atoms with Crippen LogP contribution >= 0.6 is 23.8 Å². The Morgan fingerprint density at radius 3 is 1.12 bits per heavy atom. The SMILES string of the molecule is CCCCCCCCCCCCCCCCCCOC[C@H](COP(=O)(O)OCCBr)OCCCCCCCCCCCCCCCCCC. The number of alkyl halides is 1. The Labute approximate surface area is 314 Å². The molecule has 0 aromatic heterocycles. The second-order valence-corrected chi connectivity index (χ2v) is 16.7. The predicted octanol–water partition coefficient (Wildman–Crippen LogP) is 14.4. The quantitative estimate of drug-likeness (QED) is 0.0377. The third kappa shape index (κ3) is 41.1. The molecule has 49 heavy (non-hydrogen) atoms. The lowest BCUT2D eigenvalue weighted by atomic mass is 10.0. The summed E-state index contributed by atoms with van der Waals surface area (Å²) in [6.45, 7) is 6.36. The van der Waals surface area contributed by atoms with E-state index in [1.54, 1.807) is 0 Å². The smallest absolute Gasteiger partial charge is 0.379 e. The van der Waals surface area contributed by atoms with Gasteiger partial charge in [-0.25, -0.2) is 4.57 Å². The predicted molar refractivity (Wildman–Crippen MR) is 215 cm³/mol. The van der Waals surface area contributed by atoms with Crippen molar-refractivity contribution in [2.45, 2.75) is 225 Å². The maximum atomic E-state index is 12.1. The lowest BCUT2D eigenvalue weighted by molar-refractivity contribution is -0.0442. The van der Waals surface area contributed by atoms with Gasteiger partial charge in [0.1, 0.15) is 6.10 Å². The molecule has 0 saturated heterocycles. The molecule has 0 rings (SSSR count). The van der Waals surface area contributed by atoms with Crippen molar-refractivity contribution >= 4 is 23.8 Å². The van der Waals surface area contributed by atoms with E-state index in [0.717, 1.165) is 19.3 Å². The summed E-state index contributed by atoms with van der Waals surface area (Å²) in [5.41, 5.74) is 0. The highest BCUT2D eigenvalue weighted by molar-refractivity contribution is 9.09. The summed E-state index contributed by atoms with van der Waals surface area (Å²) in [5.74, 6) is 0. The van der Waals surface area contributed by atoms with E-state index in [1.807, 2.05) is 0 Å². The normalized spacial score (nSPS) is 13.6. The summed E-state index contributed by atoms with van der Waals surface area (Å²) in [5, 5.41) is 0.475. The van der Waals surface area contributed by atoms with Crippen LogP contribution in [0.5, 0.6) is 0 Å². The third-order valence-electron chi connectivity index (χ3n) is 9.55. The van der Waals surface area contributed by atoms with Crippen molar-refractivity contribution in [1.82, 2.24) is 0 Å². The van der Waals surface area contributed by atoms with E-state index in [1.165, 1.54) is 186 Å². The highest BCUT2D eigenvalue weighted by Crippen LogP contribution is 2.43. The van der Waals surface area contributed by atoms with Gasteiger partial charge in [0.15, 0.2) is 0 Å². The topological polar surface area (TPSA) is 74.2 Å². The van der Waals surface area contributed by atoms with Crippen molar-refractivity contribution in [2.75, 3.05) is 38.4 Å². The van der Waals surface area contributed by atoms with Crippen LogP contribution in [-0.2, 0) is 23.1 Å². The van der Waals surface area contributed by atoms with Crippen LogP contribution < -0.4 is 0 Å². The van der Waals surface area contributed by atoms with Gasteiger partial charge in [-0.3, -0.25) is 9.05 Å². The molecule has 0 aliphatic rings. The molecule has 0 aliphatic heterocycles. The van der Waals surface area contributed by atoms with Gasteiger partial charge in [0, 0.05) is 18.5 Å². The number of hydrogen-bond donors (Lipinski definition) is 1. The third-order valence-corrected chi connectivity index (χ3v) is 10.9. The number of phosphoric acid groups is 1. The first-order chi connectivity index (χ1) is 24.1. The summed E-state index contributed by atoms with van der Waals surface area (Å²) in [4.78, 5) is 9.94. The Morgan fingerprint density at radius 2 is 0.776 bits per heavy atom. The summed E-state index contributed by atoms with van der Waals surface area (Å²) in [7, 11) is -4.08. The summed E-state index contributed by atoms with van der Waals surface area (Å²) >= 11 is 3.21. The van der Waals surface area contributed by atoms with Crippen molar-refractivity contribution in [3.05, 3.63) is 0 Å². The first-order valence-electron chi connectivity index (χ1n) is 21.4. The van der Waals surface area contributed by atoms with Gasteiger partial charge >= 0.3 is 7.82 Å². The lowest BCUT2D eigenvalue weighted by Crippen LogP contribution is -2.26. The number of phosphoric ester groups is 1. The maximum absolute atomic E-state index is 12.1. The van der Waals surface area contributed by atoms with Crippen LogP contribution in [0, 0.1) is 0 Å². The zero-order valence-electron chi connectivity index (χ0n) is 32.8. The molecule has 0 spiro atoms. The standard InChI is InChI=1S/C41H84BrO6P/c1-3-5-7-9-11-13-15-17-19-21-23-25-27-29-31-33-36-45-39-41(40-48-49(43,44)47-38-35-42)46-37-34-32-30-28-26-24-22-20-18-16-14-12-10-8-6-4-2/h41H,3-40H2,1-2H3,(H,43,44)/t41-/m1/s1. The van der Waals surface area contributed by atoms with Gasteiger partial charge in [0.05, 0.1) is 19.8 Å². The molecule has 2 atom stereocenters. The molecule has 1 unspecified atom stereocenters. The number of rotatable bonds is 43. The van der Waals surface area contributed by atoms with Crippen molar-refractivity contribution < 1.29 is 28.0 Å². The van der Waals surface area contributed by atoms with Crippen molar-refractivity contribution in [3.63, 3.8) is 0 Å². The zero-order valence-corrected chi connectivity index (χ0v) is 35.2. The monoisotopic (exact) mass is 783 g/mol. The van der Waals surface area contributed by atoms with E-state index >= 15 is 0 Å². The molecule has 6 nitrogen and oxygen atoms in total. The first kappa shape index (κ1) is 49.5. The molecule has 0 radical (unpaired) electrons. The van der Waals surface area contributed by atoms with Crippen LogP contribution in [-0.4, -0.2) is 49.4 Å². The molecule has 0 aliphatic carbocycles. The largest absolute Gasteiger partial charge is 0.472 e. The van der Waals surface area contributed by atoms with Gasteiger partial charge in [-0.05, 0) is 12.8 Å². The lowest BCUT2D eigenvalue weighted by Gasteiger charge is -2.20. The molecule has 296 valence electrons. The molecular formula is C41H84BrO6P. The fourth-order valence-corrected chi connectivity index (χ4v) is 7.54. The number of unbranched alkanes of at least 4 members (excludes halogenated alkanes) is 30. The van der Waals surface area contributed by atoms with Gasteiger partial charge in [-0.15, -0.1) is 0 Å². The van der Waals surface area contributed by atoms with Crippen molar-refractivity contribution in [1.29, 1.82) is 0 Å². The molecule has 0 bridgehead atoms. The molecule has 0 amide bonds. The minimum Gasteiger partial charge on any atom is -0.379 e. The van der Waals surface area contributed by atoms with Crippen LogP contribution in [0.15, 0.2) is 0 Å². The van der Waals surface area contributed by atoms with E-state index in [9.17, 15) is 9.46 Å². The van der Waals surface area contributed by atoms with E-state index in [-0.39, 0.29) is 19.3 Å². The van der Waals surface area contributed by atoms with E-state index in [4.69, 9.17) is 18.5 Å². The molecule has 1 N–H and O–H groups in total. The average Bonchev–Trinajstić information content (AvgIpc) is 3.10. The second-order valence-electron chi connectivity index (χ2n) is 14.5. The minimum atomic E-state index is -4.08. The molecule has 0 saturated carbocycles. The molecule has 0 fully saturated rings. The Balaban J connectivity index is 3.84. The van der Waals surface area contributed by atoms with Crippen molar-refractivity contribution in [3.8, 4) is 0 Å². The number of halogens is 1. The fraction of sp³-hybridized carbons (Fsp3) is 1.00. The van der Waals surface area contributed by atoms with Crippen molar-refractivity contribution in [2.24, 2.45) is 0 Å². The molecule has 0 aromatic rings. The molecule has 0 aromatic carbocycles. The van der Waals surface area contributed by atoms with E-state index in [0.29, 0.717) is 25.2 Å². The number of ether oxygens (including phenoxy) is 2. The van der Waals surface area contributed by atoms with E-state index < -0.39 is 7.82 Å². The Bertz CT molecular complexity index is 670. The van der Waals surface area contributed by atoms with Gasteiger partial charge in [0.25, 0.3) is 0 Å². The zero-order chi connectivity index (χ0) is 35.8. The molecule has 0 heterocycles. The van der Waals surface area contributed by atoms with Crippen LogP contribution in [0.3, 0.4) is 0 Å². The Kier molecular flexibility index (Phi) is 41.7. The van der Waals surface area contributed by atoms with Gasteiger partial charge in [-0.2, -0.15) is 0 Å². The molecule has 8 heteroatoms. The molecular weight excluding hydrogens is 699 g/mol.